The quantitative estimate of drug-likeness (QED) is 0.852. The smallest absolute Gasteiger partial charge is 0.255 e. The van der Waals surface area contributed by atoms with Gasteiger partial charge in [0.05, 0.1) is 11.7 Å². The second-order valence-corrected chi connectivity index (χ2v) is 4.45. The Labute approximate surface area is 106 Å². The predicted octanol–water partition coefficient (Wildman–Crippen LogP) is 1.02. The molecule has 1 saturated heterocycles. The number of nitrogens with one attached hydrogen (secondary N) is 1. The zero-order valence-electron chi connectivity index (χ0n) is 10.5. The minimum Gasteiger partial charge on any atom is -0.376 e. The average molecular weight is 250 g/mol. The van der Waals surface area contributed by atoms with E-state index >= 15 is 0 Å². The van der Waals surface area contributed by atoms with Gasteiger partial charge in [-0.25, -0.2) is 0 Å². The van der Waals surface area contributed by atoms with Gasteiger partial charge >= 0.3 is 0 Å². The van der Waals surface area contributed by atoms with Crippen LogP contribution >= 0.6 is 0 Å². The van der Waals surface area contributed by atoms with E-state index in [1.54, 1.807) is 11.0 Å². The van der Waals surface area contributed by atoms with Crippen molar-refractivity contribution in [2.75, 3.05) is 19.7 Å². The SMILES string of the molecule is CCC1CN(C(=O)c2ccc(=O)[nH]c2)CCCO1. The number of rotatable bonds is 2. The molecule has 1 atom stereocenters. The molecule has 0 bridgehead atoms. The molecule has 98 valence electrons. The van der Waals surface area contributed by atoms with Crippen LogP contribution in [-0.4, -0.2) is 41.6 Å². The normalized spacial score (nSPS) is 20.5. The third-order valence-corrected chi connectivity index (χ3v) is 3.12. The highest BCUT2D eigenvalue weighted by Crippen LogP contribution is 2.11. The van der Waals surface area contributed by atoms with E-state index in [1.807, 2.05) is 0 Å². The molecule has 1 aromatic heterocycles. The largest absolute Gasteiger partial charge is 0.376 e. The highest BCUT2D eigenvalue weighted by atomic mass is 16.5. The first kappa shape index (κ1) is 12.8. The van der Waals surface area contributed by atoms with Crippen LogP contribution in [0.25, 0.3) is 0 Å². The van der Waals surface area contributed by atoms with Crippen molar-refractivity contribution >= 4 is 5.91 Å². The first-order valence-electron chi connectivity index (χ1n) is 6.30. The third-order valence-electron chi connectivity index (χ3n) is 3.12. The fraction of sp³-hybridized carbons (Fsp3) is 0.538. The molecule has 0 saturated carbocycles. The minimum absolute atomic E-state index is 0.0461. The number of hydrogen-bond acceptors (Lipinski definition) is 3. The molecule has 5 nitrogen and oxygen atoms in total. The summed E-state index contributed by atoms with van der Waals surface area (Å²) in [7, 11) is 0. The predicted molar refractivity (Wildman–Crippen MR) is 67.6 cm³/mol. The number of nitrogens with zero attached hydrogens (tertiary/aromatic N) is 1. The molecule has 1 aliphatic rings. The molecule has 1 unspecified atom stereocenters. The van der Waals surface area contributed by atoms with Crippen molar-refractivity contribution in [3.8, 4) is 0 Å². The number of ether oxygens (including phenoxy) is 1. The van der Waals surface area contributed by atoms with Crippen LogP contribution in [0.3, 0.4) is 0 Å². The van der Waals surface area contributed by atoms with Crippen LogP contribution in [0.4, 0.5) is 0 Å². The molecule has 1 amide bonds. The lowest BCUT2D eigenvalue weighted by Crippen LogP contribution is -2.36. The van der Waals surface area contributed by atoms with E-state index in [1.165, 1.54) is 12.3 Å². The van der Waals surface area contributed by atoms with E-state index in [2.05, 4.69) is 11.9 Å². The van der Waals surface area contributed by atoms with Gasteiger partial charge in [0.2, 0.25) is 5.56 Å². The first-order chi connectivity index (χ1) is 8.70. The van der Waals surface area contributed by atoms with Crippen molar-refractivity contribution in [3.05, 3.63) is 34.2 Å². The molecule has 1 N–H and O–H groups in total. The minimum atomic E-state index is -0.197. The van der Waals surface area contributed by atoms with E-state index < -0.39 is 0 Å². The summed E-state index contributed by atoms with van der Waals surface area (Å²) in [6.07, 6.45) is 3.33. The Morgan fingerprint density at radius 3 is 3.06 bits per heavy atom. The number of aromatic amines is 1. The number of hydrogen-bond donors (Lipinski definition) is 1. The molecule has 0 radical (unpaired) electrons. The van der Waals surface area contributed by atoms with Gasteiger partial charge in [-0.2, -0.15) is 0 Å². The molecule has 0 spiro atoms. The highest BCUT2D eigenvalue weighted by molar-refractivity contribution is 5.93. The maximum absolute atomic E-state index is 12.3. The Bertz CT molecular complexity index is 449. The fourth-order valence-corrected chi connectivity index (χ4v) is 2.05. The van der Waals surface area contributed by atoms with Gasteiger partial charge in [-0.15, -0.1) is 0 Å². The van der Waals surface area contributed by atoms with Gasteiger partial charge in [0.15, 0.2) is 0 Å². The van der Waals surface area contributed by atoms with Crippen LogP contribution in [0.15, 0.2) is 23.1 Å². The van der Waals surface area contributed by atoms with E-state index in [9.17, 15) is 9.59 Å². The van der Waals surface area contributed by atoms with Gasteiger partial charge < -0.3 is 14.6 Å². The Kier molecular flexibility index (Phi) is 4.15. The number of aromatic nitrogens is 1. The van der Waals surface area contributed by atoms with Gasteiger partial charge in [-0.1, -0.05) is 6.92 Å². The van der Waals surface area contributed by atoms with Crippen molar-refractivity contribution < 1.29 is 9.53 Å². The Morgan fingerprint density at radius 1 is 1.56 bits per heavy atom. The Hall–Kier alpha value is -1.62. The Morgan fingerprint density at radius 2 is 2.39 bits per heavy atom. The lowest BCUT2D eigenvalue weighted by Gasteiger charge is -2.23. The molecular weight excluding hydrogens is 232 g/mol. The summed E-state index contributed by atoms with van der Waals surface area (Å²) >= 11 is 0. The second kappa shape index (κ2) is 5.82. The summed E-state index contributed by atoms with van der Waals surface area (Å²) < 4.78 is 5.64. The summed E-state index contributed by atoms with van der Waals surface area (Å²) in [6, 6.07) is 2.94. The molecule has 0 aromatic carbocycles. The van der Waals surface area contributed by atoms with E-state index in [0.717, 1.165) is 12.8 Å². The molecule has 1 aliphatic heterocycles. The molecule has 1 fully saturated rings. The second-order valence-electron chi connectivity index (χ2n) is 4.45. The maximum Gasteiger partial charge on any atom is 0.255 e. The molecular formula is C13H18N2O3. The molecule has 1 aromatic rings. The van der Waals surface area contributed by atoms with Crippen LogP contribution in [0.2, 0.25) is 0 Å². The molecule has 5 heteroatoms. The monoisotopic (exact) mass is 250 g/mol. The zero-order valence-corrected chi connectivity index (χ0v) is 10.5. The van der Waals surface area contributed by atoms with E-state index in [-0.39, 0.29) is 17.6 Å². The fourth-order valence-electron chi connectivity index (χ4n) is 2.05. The van der Waals surface area contributed by atoms with Crippen molar-refractivity contribution in [3.63, 3.8) is 0 Å². The molecule has 2 rings (SSSR count). The van der Waals surface area contributed by atoms with Gasteiger partial charge in [-0.05, 0) is 18.9 Å². The van der Waals surface area contributed by atoms with Crippen LogP contribution < -0.4 is 5.56 Å². The van der Waals surface area contributed by atoms with Crippen LogP contribution in [-0.2, 0) is 4.74 Å². The van der Waals surface area contributed by atoms with Gasteiger partial charge in [0.1, 0.15) is 0 Å². The highest BCUT2D eigenvalue weighted by Gasteiger charge is 2.22. The number of amides is 1. The maximum atomic E-state index is 12.3. The molecule has 2 heterocycles. The summed E-state index contributed by atoms with van der Waals surface area (Å²) in [5.41, 5.74) is 0.323. The topological polar surface area (TPSA) is 62.4 Å². The van der Waals surface area contributed by atoms with Crippen molar-refractivity contribution in [2.45, 2.75) is 25.9 Å². The zero-order chi connectivity index (χ0) is 13.0. The molecule has 0 aliphatic carbocycles. The Balaban J connectivity index is 2.11. The first-order valence-corrected chi connectivity index (χ1v) is 6.30. The third kappa shape index (κ3) is 2.98. The van der Waals surface area contributed by atoms with Gasteiger partial charge in [-0.3, -0.25) is 9.59 Å². The summed E-state index contributed by atoms with van der Waals surface area (Å²) in [5.74, 6) is -0.0461. The van der Waals surface area contributed by atoms with Crippen molar-refractivity contribution in [2.24, 2.45) is 0 Å². The lowest BCUT2D eigenvalue weighted by atomic mass is 10.2. The number of carbonyl (C=O) groups is 1. The number of H-pyrrole nitrogens is 1. The van der Waals surface area contributed by atoms with Gasteiger partial charge in [0, 0.05) is 32.0 Å². The summed E-state index contributed by atoms with van der Waals surface area (Å²) in [6.45, 7) is 4.08. The van der Waals surface area contributed by atoms with Crippen molar-refractivity contribution in [1.29, 1.82) is 0 Å². The van der Waals surface area contributed by atoms with Crippen LogP contribution in [0.5, 0.6) is 0 Å². The summed E-state index contributed by atoms with van der Waals surface area (Å²) in [5, 5.41) is 0. The number of pyridine rings is 1. The lowest BCUT2D eigenvalue weighted by molar-refractivity contribution is 0.0460. The van der Waals surface area contributed by atoms with Gasteiger partial charge in [0.25, 0.3) is 5.91 Å². The van der Waals surface area contributed by atoms with E-state index in [4.69, 9.17) is 4.74 Å². The van der Waals surface area contributed by atoms with Crippen molar-refractivity contribution in [1.82, 2.24) is 9.88 Å². The van der Waals surface area contributed by atoms with E-state index in [0.29, 0.717) is 25.3 Å². The summed E-state index contributed by atoms with van der Waals surface area (Å²) in [4.78, 5) is 27.6. The average Bonchev–Trinajstić information content (AvgIpc) is 2.64. The van der Waals surface area contributed by atoms with Crippen LogP contribution in [0, 0.1) is 0 Å². The number of carbonyl (C=O) groups excluding carboxylic acids is 1. The standard InChI is InChI=1S/C13H18N2O3/c1-2-11-9-15(6-3-7-18-11)13(17)10-4-5-12(16)14-8-10/h4-5,8,11H,2-3,6-7,9H2,1H3,(H,14,16). The van der Waals surface area contributed by atoms with Crippen LogP contribution in [0.1, 0.15) is 30.1 Å². The molecule has 18 heavy (non-hydrogen) atoms.